The van der Waals surface area contributed by atoms with Crippen LogP contribution in [-0.4, -0.2) is 6.26 Å². The molecule has 2 aromatic rings. The Balaban J connectivity index is 2.35. The van der Waals surface area contributed by atoms with Gasteiger partial charge >= 0.3 is 0 Å². The molecule has 0 aliphatic heterocycles. The molecule has 18 heavy (non-hydrogen) atoms. The summed E-state index contributed by atoms with van der Waals surface area (Å²) in [6.45, 7) is 0. The first kappa shape index (κ1) is 12.5. The van der Waals surface area contributed by atoms with Crippen molar-refractivity contribution >= 4 is 23.1 Å². The second-order valence-electron chi connectivity index (χ2n) is 3.63. The van der Waals surface area contributed by atoms with E-state index in [2.05, 4.69) is 11.4 Å². The summed E-state index contributed by atoms with van der Waals surface area (Å²) in [5, 5.41) is 12.3. The fraction of sp³-hybridized carbons (Fsp3) is 0.0714. The molecule has 4 heteroatoms. The normalized spacial score (nSPS) is 9.83. The summed E-state index contributed by atoms with van der Waals surface area (Å²) in [7, 11) is 0. The number of nitrogens with one attached hydrogen (secondary N) is 1. The van der Waals surface area contributed by atoms with Gasteiger partial charge in [0.2, 0.25) is 0 Å². The van der Waals surface area contributed by atoms with Crippen molar-refractivity contribution in [2.45, 2.75) is 4.90 Å². The van der Waals surface area contributed by atoms with E-state index in [0.29, 0.717) is 5.56 Å². The van der Waals surface area contributed by atoms with Crippen LogP contribution in [0, 0.1) is 17.1 Å². The zero-order valence-corrected chi connectivity index (χ0v) is 10.6. The monoisotopic (exact) mass is 258 g/mol. The van der Waals surface area contributed by atoms with Crippen LogP contribution < -0.4 is 5.32 Å². The van der Waals surface area contributed by atoms with Crippen LogP contribution in [-0.2, 0) is 0 Å². The largest absolute Gasteiger partial charge is 0.354 e. The molecule has 2 aromatic carbocycles. The first-order valence-corrected chi connectivity index (χ1v) is 6.57. The van der Waals surface area contributed by atoms with E-state index in [9.17, 15) is 9.65 Å². The minimum absolute atomic E-state index is 0.279. The molecule has 2 rings (SSSR count). The third kappa shape index (κ3) is 2.63. The molecule has 0 heterocycles. The maximum Gasteiger partial charge on any atom is 0.123 e. The molecule has 0 aliphatic carbocycles. The van der Waals surface area contributed by atoms with Crippen molar-refractivity contribution in [3.8, 4) is 6.07 Å². The van der Waals surface area contributed by atoms with Gasteiger partial charge in [-0.3, -0.25) is 0 Å². The quantitative estimate of drug-likeness (QED) is 0.839. The van der Waals surface area contributed by atoms with E-state index in [1.807, 2.05) is 24.5 Å². The predicted octanol–water partition coefficient (Wildman–Crippen LogP) is 4.16. The van der Waals surface area contributed by atoms with Crippen LogP contribution in [0.15, 0.2) is 47.4 Å². The summed E-state index contributed by atoms with van der Waals surface area (Å²) in [6.07, 6.45) is 1.93. The highest BCUT2D eigenvalue weighted by molar-refractivity contribution is 7.98. The number of hydrogen-bond donors (Lipinski definition) is 1. The molecular weight excluding hydrogens is 247 g/mol. The number of thioether (sulfide) groups is 1. The van der Waals surface area contributed by atoms with E-state index in [4.69, 9.17) is 0 Å². The van der Waals surface area contributed by atoms with Gasteiger partial charge in [-0.1, -0.05) is 6.07 Å². The van der Waals surface area contributed by atoms with Crippen molar-refractivity contribution in [3.05, 3.63) is 53.8 Å². The zero-order valence-electron chi connectivity index (χ0n) is 9.77. The minimum Gasteiger partial charge on any atom is -0.354 e. The molecule has 0 fully saturated rings. The lowest BCUT2D eigenvalue weighted by molar-refractivity contribution is 0.628. The van der Waals surface area contributed by atoms with Crippen LogP contribution in [0.25, 0.3) is 0 Å². The van der Waals surface area contributed by atoms with Crippen molar-refractivity contribution in [2.24, 2.45) is 0 Å². The lowest BCUT2D eigenvalue weighted by atomic mass is 10.2. The first-order chi connectivity index (χ1) is 8.74. The van der Waals surface area contributed by atoms with Crippen LogP contribution in [0.4, 0.5) is 15.8 Å². The van der Waals surface area contributed by atoms with Gasteiger partial charge in [0, 0.05) is 10.6 Å². The van der Waals surface area contributed by atoms with Gasteiger partial charge in [0.15, 0.2) is 0 Å². The Labute approximate surface area is 109 Å². The smallest absolute Gasteiger partial charge is 0.123 e. The molecule has 90 valence electrons. The minimum atomic E-state index is -0.279. The van der Waals surface area contributed by atoms with Crippen LogP contribution in [0.3, 0.4) is 0 Å². The zero-order chi connectivity index (χ0) is 13.0. The molecule has 0 radical (unpaired) electrons. The van der Waals surface area contributed by atoms with Gasteiger partial charge in [-0.25, -0.2) is 4.39 Å². The first-order valence-electron chi connectivity index (χ1n) is 5.34. The number of rotatable bonds is 3. The van der Waals surface area contributed by atoms with E-state index >= 15 is 0 Å². The van der Waals surface area contributed by atoms with E-state index in [1.54, 1.807) is 12.1 Å². The molecule has 0 bridgehead atoms. The molecule has 0 atom stereocenters. The molecule has 0 unspecified atom stereocenters. The second kappa shape index (κ2) is 5.56. The third-order valence-corrected chi connectivity index (χ3v) is 3.26. The lowest BCUT2D eigenvalue weighted by Crippen LogP contribution is -1.95. The Kier molecular flexibility index (Phi) is 3.85. The van der Waals surface area contributed by atoms with Gasteiger partial charge < -0.3 is 5.32 Å². The van der Waals surface area contributed by atoms with Gasteiger partial charge in [-0.15, -0.1) is 11.8 Å². The fourth-order valence-electron chi connectivity index (χ4n) is 1.61. The average Bonchev–Trinajstić information content (AvgIpc) is 2.41. The van der Waals surface area contributed by atoms with Crippen molar-refractivity contribution < 1.29 is 4.39 Å². The predicted molar refractivity (Wildman–Crippen MR) is 72.6 cm³/mol. The molecule has 1 N–H and O–H groups in total. The topological polar surface area (TPSA) is 35.8 Å². The van der Waals surface area contributed by atoms with Gasteiger partial charge in [0.25, 0.3) is 0 Å². The molecule has 2 nitrogen and oxygen atoms in total. The van der Waals surface area contributed by atoms with Crippen molar-refractivity contribution in [1.29, 1.82) is 5.26 Å². The Morgan fingerprint density at radius 2 is 1.89 bits per heavy atom. The summed E-state index contributed by atoms with van der Waals surface area (Å²) >= 11 is 1.52. The highest BCUT2D eigenvalue weighted by Gasteiger charge is 2.07. The van der Waals surface area contributed by atoms with Crippen molar-refractivity contribution in [1.82, 2.24) is 0 Å². The summed E-state index contributed by atoms with van der Waals surface area (Å²) in [6, 6.07) is 13.9. The fourth-order valence-corrected chi connectivity index (χ4v) is 2.18. The summed E-state index contributed by atoms with van der Waals surface area (Å²) in [5.74, 6) is -0.279. The Bertz CT molecular complexity index is 588. The van der Waals surface area contributed by atoms with Crippen molar-refractivity contribution in [3.63, 3.8) is 0 Å². The van der Waals surface area contributed by atoms with Crippen LogP contribution in [0.5, 0.6) is 0 Å². The Morgan fingerprint density at radius 3 is 2.50 bits per heavy atom. The van der Waals surface area contributed by atoms with E-state index in [-0.39, 0.29) is 5.82 Å². The molecule has 0 amide bonds. The highest BCUT2D eigenvalue weighted by Crippen LogP contribution is 2.28. The molecule has 0 saturated heterocycles. The van der Waals surface area contributed by atoms with E-state index < -0.39 is 0 Å². The maximum absolute atomic E-state index is 12.8. The Hall–Kier alpha value is -1.99. The molecule has 0 saturated carbocycles. The van der Waals surface area contributed by atoms with E-state index in [0.717, 1.165) is 16.3 Å². The maximum atomic E-state index is 12.8. The van der Waals surface area contributed by atoms with E-state index in [1.165, 1.54) is 23.9 Å². The molecule has 0 aliphatic rings. The number of nitrogens with zero attached hydrogens (tertiary/aromatic N) is 1. The SMILES string of the molecule is CSc1cccc(Nc2ccc(F)cc2)c1C#N. The standard InChI is InChI=1S/C14H11FN2S/c1-18-14-4-2-3-13(12(14)9-16)17-11-7-5-10(15)6-8-11/h2-8,17H,1H3. The third-order valence-electron chi connectivity index (χ3n) is 2.48. The highest BCUT2D eigenvalue weighted by atomic mass is 32.2. The van der Waals surface area contributed by atoms with Crippen LogP contribution >= 0.6 is 11.8 Å². The molecular formula is C14H11FN2S. The summed E-state index contributed by atoms with van der Waals surface area (Å²) in [5.41, 5.74) is 2.09. The van der Waals surface area contributed by atoms with Gasteiger partial charge in [0.1, 0.15) is 11.9 Å². The number of anilines is 2. The Morgan fingerprint density at radius 1 is 1.17 bits per heavy atom. The van der Waals surface area contributed by atoms with Gasteiger partial charge in [-0.2, -0.15) is 5.26 Å². The van der Waals surface area contributed by atoms with Crippen LogP contribution in [0.2, 0.25) is 0 Å². The molecule has 0 spiro atoms. The van der Waals surface area contributed by atoms with Gasteiger partial charge in [0.05, 0.1) is 11.3 Å². The molecule has 0 aromatic heterocycles. The average molecular weight is 258 g/mol. The van der Waals surface area contributed by atoms with Crippen molar-refractivity contribution in [2.75, 3.05) is 11.6 Å². The number of benzene rings is 2. The number of hydrogen-bond acceptors (Lipinski definition) is 3. The number of nitriles is 1. The lowest BCUT2D eigenvalue weighted by Gasteiger charge is -2.10. The summed E-state index contributed by atoms with van der Waals surface area (Å²) < 4.78 is 12.8. The number of halogens is 1. The summed E-state index contributed by atoms with van der Waals surface area (Å²) in [4.78, 5) is 0.921. The second-order valence-corrected chi connectivity index (χ2v) is 4.47. The van der Waals surface area contributed by atoms with Gasteiger partial charge in [-0.05, 0) is 42.7 Å². The van der Waals surface area contributed by atoms with Crippen LogP contribution in [0.1, 0.15) is 5.56 Å².